The normalized spacial score (nSPS) is 10.1. The molecule has 0 aliphatic rings. The molecule has 0 aliphatic carbocycles. The smallest absolute Gasteiger partial charge is 0.335 e. The number of carboxylic acids is 1. The van der Waals surface area contributed by atoms with Crippen LogP contribution in [0.5, 0.6) is 0 Å². The van der Waals surface area contributed by atoms with Crippen molar-refractivity contribution in [1.82, 2.24) is 0 Å². The van der Waals surface area contributed by atoms with Crippen LogP contribution in [0.2, 0.25) is 0 Å². The lowest BCUT2D eigenvalue weighted by Gasteiger charge is -2.13. The van der Waals surface area contributed by atoms with Crippen molar-refractivity contribution in [3.05, 3.63) is 59.7 Å². The first-order valence-corrected chi connectivity index (χ1v) is 6.40. The standard InChI is InChI=1S/C16H18N2O2/c1-18(2)15-8-6-14(7-9-15)17-11-12-4-3-5-13(10-12)16(19)20/h3-10,17H,11H2,1-2H3,(H,19,20). The molecular formula is C16H18N2O2. The van der Waals surface area contributed by atoms with Gasteiger partial charge in [-0.2, -0.15) is 0 Å². The molecule has 0 heterocycles. The van der Waals surface area contributed by atoms with Crippen molar-refractivity contribution in [2.75, 3.05) is 24.3 Å². The van der Waals surface area contributed by atoms with Gasteiger partial charge in [0.2, 0.25) is 0 Å². The number of nitrogens with zero attached hydrogens (tertiary/aromatic N) is 1. The third kappa shape index (κ3) is 3.51. The van der Waals surface area contributed by atoms with Crippen LogP contribution in [0.3, 0.4) is 0 Å². The zero-order valence-corrected chi connectivity index (χ0v) is 11.6. The average molecular weight is 270 g/mol. The lowest BCUT2D eigenvalue weighted by molar-refractivity contribution is 0.0697. The Bertz CT molecular complexity index is 592. The van der Waals surface area contributed by atoms with Crippen molar-refractivity contribution < 1.29 is 9.90 Å². The highest BCUT2D eigenvalue weighted by atomic mass is 16.4. The van der Waals surface area contributed by atoms with Crippen LogP contribution in [-0.2, 0) is 6.54 Å². The largest absolute Gasteiger partial charge is 0.478 e. The van der Waals surface area contributed by atoms with Gasteiger partial charge < -0.3 is 15.3 Å². The maximum Gasteiger partial charge on any atom is 0.335 e. The molecule has 0 saturated heterocycles. The molecule has 0 atom stereocenters. The lowest BCUT2D eigenvalue weighted by atomic mass is 10.1. The van der Waals surface area contributed by atoms with Gasteiger partial charge in [0, 0.05) is 32.0 Å². The van der Waals surface area contributed by atoms with Crippen LogP contribution in [-0.4, -0.2) is 25.2 Å². The minimum atomic E-state index is -0.901. The predicted octanol–water partition coefficient (Wildman–Crippen LogP) is 3.06. The highest BCUT2D eigenvalue weighted by Gasteiger charge is 2.03. The second-order valence-corrected chi connectivity index (χ2v) is 4.80. The van der Waals surface area contributed by atoms with Crippen molar-refractivity contribution in [2.24, 2.45) is 0 Å². The van der Waals surface area contributed by atoms with E-state index < -0.39 is 5.97 Å². The van der Waals surface area contributed by atoms with E-state index in [1.54, 1.807) is 18.2 Å². The van der Waals surface area contributed by atoms with Gasteiger partial charge in [-0.05, 0) is 42.0 Å². The molecule has 2 aromatic carbocycles. The second kappa shape index (κ2) is 6.10. The Morgan fingerprint density at radius 3 is 2.45 bits per heavy atom. The van der Waals surface area contributed by atoms with Crippen molar-refractivity contribution in [3.8, 4) is 0 Å². The lowest BCUT2D eigenvalue weighted by Crippen LogP contribution is -2.08. The fourth-order valence-corrected chi connectivity index (χ4v) is 1.90. The van der Waals surface area contributed by atoms with Crippen LogP contribution in [0.4, 0.5) is 11.4 Å². The van der Waals surface area contributed by atoms with E-state index in [0.717, 1.165) is 16.9 Å². The second-order valence-electron chi connectivity index (χ2n) is 4.80. The summed E-state index contributed by atoms with van der Waals surface area (Å²) in [5.74, 6) is -0.901. The van der Waals surface area contributed by atoms with Crippen LogP contribution in [0.15, 0.2) is 48.5 Å². The Balaban J connectivity index is 2.01. The molecule has 2 N–H and O–H groups in total. The molecule has 4 nitrogen and oxygen atoms in total. The number of rotatable bonds is 5. The Hall–Kier alpha value is -2.49. The molecule has 0 spiro atoms. The minimum Gasteiger partial charge on any atom is -0.478 e. The van der Waals surface area contributed by atoms with Gasteiger partial charge in [0.1, 0.15) is 0 Å². The zero-order valence-electron chi connectivity index (χ0n) is 11.6. The van der Waals surface area contributed by atoms with Gasteiger partial charge in [-0.3, -0.25) is 0 Å². The summed E-state index contributed by atoms with van der Waals surface area (Å²) in [6.45, 7) is 0.600. The summed E-state index contributed by atoms with van der Waals surface area (Å²) in [4.78, 5) is 12.9. The molecule has 0 aliphatic heterocycles. The van der Waals surface area contributed by atoms with Gasteiger partial charge in [0.05, 0.1) is 5.56 Å². The summed E-state index contributed by atoms with van der Waals surface area (Å²) < 4.78 is 0. The Kier molecular flexibility index (Phi) is 4.25. The van der Waals surface area contributed by atoms with E-state index >= 15 is 0 Å². The molecule has 104 valence electrons. The first-order valence-electron chi connectivity index (χ1n) is 6.40. The summed E-state index contributed by atoms with van der Waals surface area (Å²) in [5.41, 5.74) is 3.41. The quantitative estimate of drug-likeness (QED) is 0.876. The number of hydrogen-bond acceptors (Lipinski definition) is 3. The van der Waals surface area contributed by atoms with Gasteiger partial charge >= 0.3 is 5.97 Å². The maximum absolute atomic E-state index is 10.9. The van der Waals surface area contributed by atoms with E-state index in [9.17, 15) is 4.79 Å². The number of nitrogens with one attached hydrogen (secondary N) is 1. The summed E-state index contributed by atoms with van der Waals surface area (Å²) in [6, 6.07) is 15.0. The summed E-state index contributed by atoms with van der Waals surface area (Å²) in [7, 11) is 4.00. The SMILES string of the molecule is CN(C)c1ccc(NCc2cccc(C(=O)O)c2)cc1. The molecule has 2 rings (SSSR count). The predicted molar refractivity (Wildman–Crippen MR) is 81.5 cm³/mol. The monoisotopic (exact) mass is 270 g/mol. The summed E-state index contributed by atoms with van der Waals surface area (Å²) in [6.07, 6.45) is 0. The van der Waals surface area contributed by atoms with E-state index in [1.807, 2.05) is 49.3 Å². The Labute approximate surface area is 118 Å². The van der Waals surface area contributed by atoms with E-state index in [4.69, 9.17) is 5.11 Å². The number of aromatic carboxylic acids is 1. The molecule has 0 fully saturated rings. The maximum atomic E-state index is 10.9. The molecule has 4 heteroatoms. The van der Waals surface area contributed by atoms with Gasteiger partial charge in [-0.25, -0.2) is 4.79 Å². The molecule has 0 amide bonds. The van der Waals surface area contributed by atoms with Crippen molar-refractivity contribution in [2.45, 2.75) is 6.54 Å². The van der Waals surface area contributed by atoms with Crippen LogP contribution < -0.4 is 10.2 Å². The molecule has 0 radical (unpaired) electrons. The molecule has 0 unspecified atom stereocenters. The number of anilines is 2. The number of carboxylic acid groups (broad SMARTS) is 1. The third-order valence-corrected chi connectivity index (χ3v) is 3.05. The van der Waals surface area contributed by atoms with E-state index in [2.05, 4.69) is 5.32 Å². The van der Waals surface area contributed by atoms with Gasteiger partial charge in [0.15, 0.2) is 0 Å². The van der Waals surface area contributed by atoms with E-state index in [0.29, 0.717) is 12.1 Å². The van der Waals surface area contributed by atoms with Gasteiger partial charge in [-0.1, -0.05) is 12.1 Å². The topological polar surface area (TPSA) is 52.6 Å². The Morgan fingerprint density at radius 2 is 1.85 bits per heavy atom. The van der Waals surface area contributed by atoms with E-state index in [-0.39, 0.29) is 0 Å². The first-order chi connectivity index (χ1) is 9.56. The fourth-order valence-electron chi connectivity index (χ4n) is 1.90. The van der Waals surface area contributed by atoms with Crippen molar-refractivity contribution in [3.63, 3.8) is 0 Å². The van der Waals surface area contributed by atoms with Crippen LogP contribution in [0.25, 0.3) is 0 Å². The number of hydrogen-bond donors (Lipinski definition) is 2. The first kappa shape index (κ1) is 13.9. The van der Waals surface area contributed by atoms with Gasteiger partial charge in [-0.15, -0.1) is 0 Å². The van der Waals surface area contributed by atoms with E-state index in [1.165, 1.54) is 0 Å². The van der Waals surface area contributed by atoms with Crippen LogP contribution >= 0.6 is 0 Å². The highest BCUT2D eigenvalue weighted by molar-refractivity contribution is 5.87. The number of carbonyl (C=O) groups is 1. The molecule has 0 saturated carbocycles. The van der Waals surface area contributed by atoms with Crippen molar-refractivity contribution >= 4 is 17.3 Å². The summed E-state index contributed by atoms with van der Waals surface area (Å²) in [5, 5.41) is 12.2. The zero-order chi connectivity index (χ0) is 14.5. The molecule has 0 aromatic heterocycles. The van der Waals surface area contributed by atoms with Crippen LogP contribution in [0.1, 0.15) is 15.9 Å². The highest BCUT2D eigenvalue weighted by Crippen LogP contribution is 2.16. The Morgan fingerprint density at radius 1 is 1.15 bits per heavy atom. The third-order valence-electron chi connectivity index (χ3n) is 3.05. The molecule has 2 aromatic rings. The van der Waals surface area contributed by atoms with Crippen LogP contribution in [0, 0.1) is 0 Å². The molecular weight excluding hydrogens is 252 g/mol. The fraction of sp³-hybridized carbons (Fsp3) is 0.188. The van der Waals surface area contributed by atoms with Crippen molar-refractivity contribution in [1.29, 1.82) is 0 Å². The van der Waals surface area contributed by atoms with Gasteiger partial charge in [0.25, 0.3) is 0 Å². The molecule has 0 bridgehead atoms. The average Bonchev–Trinajstić information content (AvgIpc) is 2.46. The minimum absolute atomic E-state index is 0.312. The molecule has 20 heavy (non-hydrogen) atoms. The summed E-state index contributed by atoms with van der Waals surface area (Å²) >= 11 is 0. The number of benzene rings is 2.